The minimum absolute atomic E-state index is 0.302. The minimum atomic E-state index is -2.16. The Morgan fingerprint density at radius 3 is 1.85 bits per heavy atom. The smallest absolute Gasteiger partial charge is 0.200 e. The third-order valence-electron chi connectivity index (χ3n) is 2.86. The highest BCUT2D eigenvalue weighted by molar-refractivity contribution is 5.38. The van der Waals surface area contributed by atoms with E-state index in [2.05, 4.69) is 0 Å². The number of hydrogen-bond donors (Lipinski definition) is 0. The summed E-state index contributed by atoms with van der Waals surface area (Å²) in [6.07, 6.45) is -0.463. The lowest BCUT2D eigenvalue weighted by atomic mass is 10.0. The van der Waals surface area contributed by atoms with Crippen molar-refractivity contribution in [2.24, 2.45) is 0 Å². The highest BCUT2D eigenvalue weighted by Gasteiger charge is 2.26. The van der Waals surface area contributed by atoms with Crippen molar-refractivity contribution in [2.75, 3.05) is 7.11 Å². The lowest BCUT2D eigenvalue weighted by molar-refractivity contribution is 0.370. The molecule has 106 valence electrons. The van der Waals surface area contributed by atoms with Gasteiger partial charge in [0.25, 0.3) is 0 Å². The molecule has 0 spiro atoms. The molecule has 0 atom stereocenters. The highest BCUT2D eigenvalue weighted by atomic mass is 19.2. The number of halogens is 5. The summed E-state index contributed by atoms with van der Waals surface area (Å²) in [6, 6.07) is 6.21. The molecule has 0 aliphatic heterocycles. The van der Waals surface area contributed by atoms with E-state index in [1.54, 1.807) is 12.1 Å². The van der Waals surface area contributed by atoms with Gasteiger partial charge in [-0.25, -0.2) is 22.0 Å². The Labute approximate surface area is 111 Å². The van der Waals surface area contributed by atoms with Crippen LogP contribution in [0, 0.1) is 29.1 Å². The predicted octanol–water partition coefficient (Wildman–Crippen LogP) is 3.98. The molecular formula is C14H9F5O. The van der Waals surface area contributed by atoms with E-state index in [1.165, 1.54) is 19.2 Å². The summed E-state index contributed by atoms with van der Waals surface area (Å²) in [5, 5.41) is 0. The van der Waals surface area contributed by atoms with Crippen LogP contribution in [-0.2, 0) is 6.42 Å². The summed E-state index contributed by atoms with van der Waals surface area (Å²) >= 11 is 0. The molecule has 2 aromatic rings. The maximum absolute atomic E-state index is 13.6. The number of ether oxygens (including phenoxy) is 1. The van der Waals surface area contributed by atoms with Crippen molar-refractivity contribution in [1.29, 1.82) is 0 Å². The number of benzene rings is 2. The lowest BCUT2D eigenvalue weighted by Crippen LogP contribution is -2.08. The zero-order chi connectivity index (χ0) is 14.9. The van der Waals surface area contributed by atoms with Gasteiger partial charge in [-0.05, 0) is 11.6 Å². The van der Waals surface area contributed by atoms with Gasteiger partial charge in [-0.15, -0.1) is 0 Å². The van der Waals surface area contributed by atoms with Gasteiger partial charge < -0.3 is 4.74 Å². The fraction of sp³-hybridized carbons (Fsp3) is 0.143. The zero-order valence-electron chi connectivity index (χ0n) is 10.3. The SMILES string of the molecule is COc1ccccc1Cc1c(F)c(F)c(F)c(F)c1F. The first-order chi connectivity index (χ1) is 9.47. The third-order valence-corrected chi connectivity index (χ3v) is 2.86. The van der Waals surface area contributed by atoms with Crippen LogP contribution in [0.1, 0.15) is 11.1 Å². The van der Waals surface area contributed by atoms with E-state index < -0.39 is 41.1 Å². The monoisotopic (exact) mass is 288 g/mol. The molecule has 0 aromatic heterocycles. The van der Waals surface area contributed by atoms with Crippen LogP contribution in [0.3, 0.4) is 0 Å². The molecule has 0 amide bonds. The zero-order valence-corrected chi connectivity index (χ0v) is 10.3. The topological polar surface area (TPSA) is 9.23 Å². The molecule has 0 saturated heterocycles. The molecule has 0 aliphatic rings. The van der Waals surface area contributed by atoms with Crippen molar-refractivity contribution in [3.05, 3.63) is 64.5 Å². The Hall–Kier alpha value is -2.11. The van der Waals surface area contributed by atoms with Crippen molar-refractivity contribution in [2.45, 2.75) is 6.42 Å². The maximum Gasteiger partial charge on any atom is 0.200 e. The van der Waals surface area contributed by atoms with Crippen LogP contribution in [0.25, 0.3) is 0 Å². The summed E-state index contributed by atoms with van der Waals surface area (Å²) in [5.41, 5.74) is -0.566. The normalized spacial score (nSPS) is 10.7. The van der Waals surface area contributed by atoms with Gasteiger partial charge >= 0.3 is 0 Å². The van der Waals surface area contributed by atoms with Crippen LogP contribution in [0.15, 0.2) is 24.3 Å². The number of methoxy groups -OCH3 is 1. The predicted molar refractivity (Wildman–Crippen MR) is 62.0 cm³/mol. The Bertz CT molecular complexity index is 625. The highest BCUT2D eigenvalue weighted by Crippen LogP contribution is 2.28. The molecular weight excluding hydrogens is 279 g/mol. The van der Waals surface area contributed by atoms with Crippen LogP contribution in [-0.4, -0.2) is 7.11 Å². The molecule has 1 nitrogen and oxygen atoms in total. The maximum atomic E-state index is 13.6. The van der Waals surface area contributed by atoms with Crippen LogP contribution in [0.4, 0.5) is 22.0 Å². The molecule has 2 rings (SSSR count). The Balaban J connectivity index is 2.54. The van der Waals surface area contributed by atoms with Gasteiger partial charge in [-0.3, -0.25) is 0 Å². The standard InChI is InChI=1S/C14H9F5O/c1-20-9-5-3-2-4-7(9)6-8-10(15)12(17)14(19)13(18)11(8)16/h2-5H,6H2,1H3. The van der Waals surface area contributed by atoms with Gasteiger partial charge in [0, 0.05) is 12.0 Å². The molecule has 20 heavy (non-hydrogen) atoms. The Kier molecular flexibility index (Phi) is 3.92. The summed E-state index contributed by atoms with van der Waals surface area (Å²) in [5.74, 6) is -9.41. The van der Waals surface area contributed by atoms with Gasteiger partial charge in [0.05, 0.1) is 7.11 Å². The van der Waals surface area contributed by atoms with Crippen LogP contribution >= 0.6 is 0 Å². The Morgan fingerprint density at radius 2 is 1.30 bits per heavy atom. The van der Waals surface area contributed by atoms with Crippen molar-refractivity contribution in [3.63, 3.8) is 0 Å². The van der Waals surface area contributed by atoms with Crippen LogP contribution in [0.5, 0.6) is 5.75 Å². The molecule has 0 fully saturated rings. The second kappa shape index (κ2) is 5.48. The van der Waals surface area contributed by atoms with Crippen LogP contribution < -0.4 is 4.74 Å². The molecule has 0 saturated carbocycles. The van der Waals surface area contributed by atoms with E-state index in [0.717, 1.165) is 0 Å². The molecule has 0 unspecified atom stereocenters. The fourth-order valence-corrected chi connectivity index (χ4v) is 1.85. The summed E-state index contributed by atoms with van der Waals surface area (Å²) in [4.78, 5) is 0. The molecule has 0 heterocycles. The van der Waals surface area contributed by atoms with Crippen LogP contribution in [0.2, 0.25) is 0 Å². The van der Waals surface area contributed by atoms with Gasteiger partial charge in [-0.1, -0.05) is 18.2 Å². The summed E-state index contributed by atoms with van der Waals surface area (Å²) in [7, 11) is 1.34. The molecule has 0 aliphatic carbocycles. The number of para-hydroxylation sites is 1. The van der Waals surface area contributed by atoms with Crippen molar-refractivity contribution in [3.8, 4) is 5.75 Å². The number of rotatable bonds is 3. The molecule has 0 radical (unpaired) electrons. The van der Waals surface area contributed by atoms with E-state index in [9.17, 15) is 22.0 Å². The van der Waals surface area contributed by atoms with E-state index in [-0.39, 0.29) is 0 Å². The van der Waals surface area contributed by atoms with Gasteiger partial charge in [0.2, 0.25) is 5.82 Å². The lowest BCUT2D eigenvalue weighted by Gasteiger charge is -2.11. The largest absolute Gasteiger partial charge is 0.496 e. The molecule has 0 N–H and O–H groups in total. The molecule has 2 aromatic carbocycles. The second-order valence-electron chi connectivity index (χ2n) is 4.04. The first kappa shape index (κ1) is 14.3. The second-order valence-corrected chi connectivity index (χ2v) is 4.04. The van der Waals surface area contributed by atoms with Gasteiger partial charge in [0.1, 0.15) is 5.75 Å². The van der Waals surface area contributed by atoms with E-state index in [0.29, 0.717) is 11.3 Å². The number of hydrogen-bond acceptors (Lipinski definition) is 1. The average Bonchev–Trinajstić information content (AvgIpc) is 2.48. The van der Waals surface area contributed by atoms with E-state index in [4.69, 9.17) is 4.74 Å². The average molecular weight is 288 g/mol. The van der Waals surface area contributed by atoms with Crippen molar-refractivity contribution in [1.82, 2.24) is 0 Å². The van der Waals surface area contributed by atoms with Gasteiger partial charge in [0.15, 0.2) is 23.3 Å². The quantitative estimate of drug-likeness (QED) is 0.471. The summed E-state index contributed by atoms with van der Waals surface area (Å²) in [6.45, 7) is 0. The first-order valence-electron chi connectivity index (χ1n) is 5.59. The first-order valence-corrected chi connectivity index (χ1v) is 5.59. The minimum Gasteiger partial charge on any atom is -0.496 e. The molecule has 6 heteroatoms. The fourth-order valence-electron chi connectivity index (χ4n) is 1.85. The summed E-state index contributed by atoms with van der Waals surface area (Å²) < 4.78 is 71.2. The third kappa shape index (κ3) is 2.33. The van der Waals surface area contributed by atoms with E-state index >= 15 is 0 Å². The van der Waals surface area contributed by atoms with E-state index in [1.807, 2.05) is 0 Å². The molecule has 0 bridgehead atoms. The van der Waals surface area contributed by atoms with Gasteiger partial charge in [-0.2, -0.15) is 0 Å². The van der Waals surface area contributed by atoms with Crippen molar-refractivity contribution >= 4 is 0 Å². The van der Waals surface area contributed by atoms with Crippen molar-refractivity contribution < 1.29 is 26.7 Å². The Morgan fingerprint density at radius 1 is 0.800 bits per heavy atom.